The molecule has 5 nitrogen and oxygen atoms in total. The molecule has 3 aliphatic rings. The van der Waals surface area contributed by atoms with Gasteiger partial charge in [-0.15, -0.1) is 0 Å². The highest BCUT2D eigenvalue weighted by Gasteiger charge is 2.45. The van der Waals surface area contributed by atoms with Crippen molar-refractivity contribution in [1.82, 2.24) is 15.1 Å². The first-order valence-corrected chi connectivity index (χ1v) is 11.6. The van der Waals surface area contributed by atoms with E-state index in [4.69, 9.17) is 9.73 Å². The Labute approximate surface area is 177 Å². The number of nitrogens with zero attached hydrogens (tertiary/aromatic N) is 3. The summed E-state index contributed by atoms with van der Waals surface area (Å²) in [5.41, 5.74) is 1.65. The van der Waals surface area contributed by atoms with Crippen LogP contribution in [0.1, 0.15) is 31.7 Å². The predicted molar refractivity (Wildman–Crippen MR) is 118 cm³/mol. The fraction of sp³-hybridized carbons (Fsp3) is 0.682. The molecule has 2 aliphatic heterocycles. The van der Waals surface area contributed by atoms with Crippen molar-refractivity contribution in [1.29, 1.82) is 0 Å². The monoisotopic (exact) mass is 448 g/mol. The van der Waals surface area contributed by atoms with Gasteiger partial charge in [-0.05, 0) is 43.7 Å². The number of aliphatic imine (C=N–C) groups is 1. The van der Waals surface area contributed by atoms with E-state index in [9.17, 15) is 0 Å². The second-order valence-electron chi connectivity index (χ2n) is 8.44. The number of guanidine groups is 1. The Balaban J connectivity index is 1.38. The van der Waals surface area contributed by atoms with Crippen molar-refractivity contribution in [2.24, 2.45) is 10.9 Å². The van der Waals surface area contributed by atoms with Gasteiger partial charge in [-0.1, -0.05) is 34.1 Å². The smallest absolute Gasteiger partial charge is 0.193 e. The lowest BCUT2D eigenvalue weighted by Crippen LogP contribution is -2.42. The Morgan fingerprint density at radius 1 is 1.25 bits per heavy atom. The van der Waals surface area contributed by atoms with Gasteiger partial charge in [0, 0.05) is 49.2 Å². The molecule has 4 rings (SSSR count). The highest BCUT2D eigenvalue weighted by Crippen LogP contribution is 2.50. The standard InChI is InChI=1S/C22H33BrN4O/c1-2-24-21(25-17-22(8-9-22)19-5-3-4-6-20(19)23)27-10-7-18(16-27)15-26-11-13-28-14-12-26/h3-6,18H,2,7-17H2,1H3,(H,24,25). The Morgan fingerprint density at radius 2 is 2.04 bits per heavy atom. The van der Waals surface area contributed by atoms with Crippen LogP contribution >= 0.6 is 15.9 Å². The third-order valence-electron chi connectivity index (χ3n) is 6.37. The van der Waals surface area contributed by atoms with Crippen LogP contribution in [0.5, 0.6) is 0 Å². The average molecular weight is 449 g/mol. The van der Waals surface area contributed by atoms with E-state index in [0.29, 0.717) is 0 Å². The van der Waals surface area contributed by atoms with Crippen LogP contribution in [0.15, 0.2) is 33.7 Å². The molecule has 1 aromatic rings. The van der Waals surface area contributed by atoms with E-state index in [1.165, 1.54) is 35.8 Å². The molecule has 0 aromatic heterocycles. The number of likely N-dealkylation sites (tertiary alicyclic amines) is 1. The fourth-order valence-electron chi connectivity index (χ4n) is 4.53. The third-order valence-corrected chi connectivity index (χ3v) is 7.06. The molecule has 1 aromatic carbocycles. The molecule has 154 valence electrons. The second-order valence-corrected chi connectivity index (χ2v) is 9.30. The van der Waals surface area contributed by atoms with Crippen LogP contribution in [0.3, 0.4) is 0 Å². The average Bonchev–Trinajstić information content (AvgIpc) is 3.36. The Bertz CT molecular complexity index is 685. The van der Waals surface area contributed by atoms with Crippen molar-refractivity contribution >= 4 is 21.9 Å². The molecule has 1 unspecified atom stereocenters. The van der Waals surface area contributed by atoms with Crippen molar-refractivity contribution in [3.63, 3.8) is 0 Å². The topological polar surface area (TPSA) is 40.1 Å². The second kappa shape index (κ2) is 9.14. The number of ether oxygens (including phenoxy) is 1. The molecule has 1 aliphatic carbocycles. The highest BCUT2D eigenvalue weighted by atomic mass is 79.9. The zero-order chi connectivity index (χ0) is 19.4. The summed E-state index contributed by atoms with van der Waals surface area (Å²) in [6.45, 7) is 11.3. The van der Waals surface area contributed by atoms with Crippen LogP contribution in [0.2, 0.25) is 0 Å². The summed E-state index contributed by atoms with van der Waals surface area (Å²) in [6, 6.07) is 8.65. The van der Waals surface area contributed by atoms with Gasteiger partial charge in [0.1, 0.15) is 0 Å². The van der Waals surface area contributed by atoms with Gasteiger partial charge in [-0.3, -0.25) is 9.89 Å². The first kappa shape index (κ1) is 20.2. The van der Waals surface area contributed by atoms with Gasteiger partial charge in [0.25, 0.3) is 0 Å². The number of morpholine rings is 1. The van der Waals surface area contributed by atoms with Crippen LogP contribution in [-0.2, 0) is 10.2 Å². The van der Waals surface area contributed by atoms with Crippen molar-refractivity contribution < 1.29 is 4.74 Å². The Hall–Kier alpha value is -1.11. The maximum absolute atomic E-state index is 5.49. The number of hydrogen-bond donors (Lipinski definition) is 1. The minimum Gasteiger partial charge on any atom is -0.379 e. The van der Waals surface area contributed by atoms with Crippen molar-refractivity contribution in [2.75, 3.05) is 59.0 Å². The van der Waals surface area contributed by atoms with Gasteiger partial charge in [-0.2, -0.15) is 0 Å². The number of nitrogens with one attached hydrogen (secondary N) is 1. The molecular weight excluding hydrogens is 416 g/mol. The molecule has 1 saturated carbocycles. The van der Waals surface area contributed by atoms with Gasteiger partial charge in [-0.25, -0.2) is 0 Å². The molecule has 3 fully saturated rings. The molecule has 28 heavy (non-hydrogen) atoms. The summed E-state index contributed by atoms with van der Waals surface area (Å²) >= 11 is 3.74. The number of hydrogen-bond acceptors (Lipinski definition) is 3. The molecule has 0 bridgehead atoms. The maximum atomic E-state index is 5.49. The number of rotatable bonds is 6. The summed E-state index contributed by atoms with van der Waals surface area (Å²) in [4.78, 5) is 10.1. The van der Waals surface area contributed by atoms with E-state index in [1.54, 1.807) is 0 Å². The van der Waals surface area contributed by atoms with Crippen molar-refractivity contribution in [3.05, 3.63) is 34.3 Å². The maximum Gasteiger partial charge on any atom is 0.193 e. The molecule has 0 amide bonds. The normalized spacial score (nSPS) is 25.1. The summed E-state index contributed by atoms with van der Waals surface area (Å²) in [6.07, 6.45) is 3.73. The van der Waals surface area contributed by atoms with Gasteiger partial charge < -0.3 is 15.0 Å². The molecule has 0 spiro atoms. The van der Waals surface area contributed by atoms with Gasteiger partial charge in [0.05, 0.1) is 19.8 Å². The van der Waals surface area contributed by atoms with E-state index in [2.05, 4.69) is 62.2 Å². The molecule has 0 radical (unpaired) electrons. The predicted octanol–water partition coefficient (Wildman–Crippen LogP) is 3.10. The van der Waals surface area contributed by atoms with Crippen LogP contribution in [0.25, 0.3) is 0 Å². The van der Waals surface area contributed by atoms with E-state index in [1.807, 2.05) is 0 Å². The summed E-state index contributed by atoms with van der Waals surface area (Å²) in [7, 11) is 0. The van der Waals surface area contributed by atoms with Crippen molar-refractivity contribution in [3.8, 4) is 0 Å². The lowest BCUT2D eigenvalue weighted by molar-refractivity contribution is 0.0315. The van der Waals surface area contributed by atoms with Crippen molar-refractivity contribution in [2.45, 2.75) is 31.6 Å². The zero-order valence-electron chi connectivity index (χ0n) is 17.0. The quantitative estimate of drug-likeness (QED) is 0.535. The molecule has 1 N–H and O–H groups in total. The van der Waals surface area contributed by atoms with Gasteiger partial charge in [0.2, 0.25) is 0 Å². The summed E-state index contributed by atoms with van der Waals surface area (Å²) in [5.74, 6) is 1.84. The number of benzene rings is 1. The molecule has 6 heteroatoms. The minimum atomic E-state index is 0.230. The zero-order valence-corrected chi connectivity index (χ0v) is 18.6. The molecule has 1 atom stereocenters. The number of halogens is 1. The fourth-order valence-corrected chi connectivity index (χ4v) is 5.24. The third kappa shape index (κ3) is 4.71. The summed E-state index contributed by atoms with van der Waals surface area (Å²) < 4.78 is 6.71. The van der Waals surface area contributed by atoms with Crippen LogP contribution in [-0.4, -0.2) is 74.8 Å². The molecule has 2 saturated heterocycles. The Kier molecular flexibility index (Phi) is 6.59. The molecular formula is C22H33BrN4O. The van der Waals surface area contributed by atoms with Gasteiger partial charge >= 0.3 is 0 Å². The lowest BCUT2D eigenvalue weighted by Gasteiger charge is -2.29. The van der Waals surface area contributed by atoms with Gasteiger partial charge in [0.15, 0.2) is 5.96 Å². The van der Waals surface area contributed by atoms with Crippen LogP contribution in [0, 0.1) is 5.92 Å². The largest absolute Gasteiger partial charge is 0.379 e. The van der Waals surface area contributed by atoms with E-state index in [0.717, 1.165) is 64.4 Å². The van der Waals surface area contributed by atoms with E-state index >= 15 is 0 Å². The van der Waals surface area contributed by atoms with E-state index in [-0.39, 0.29) is 5.41 Å². The Morgan fingerprint density at radius 3 is 2.75 bits per heavy atom. The lowest BCUT2D eigenvalue weighted by atomic mass is 9.96. The van der Waals surface area contributed by atoms with Crippen LogP contribution < -0.4 is 5.32 Å². The highest BCUT2D eigenvalue weighted by molar-refractivity contribution is 9.10. The summed E-state index contributed by atoms with van der Waals surface area (Å²) in [5, 5.41) is 3.55. The first-order chi connectivity index (χ1) is 13.7. The minimum absolute atomic E-state index is 0.230. The van der Waals surface area contributed by atoms with E-state index < -0.39 is 0 Å². The first-order valence-electron chi connectivity index (χ1n) is 10.8. The SMILES string of the molecule is CCNC(=NCC1(c2ccccc2Br)CC1)N1CCC(CN2CCOCC2)C1. The van der Waals surface area contributed by atoms with Crippen LogP contribution in [0.4, 0.5) is 0 Å². The molecule has 2 heterocycles.